The SMILES string of the molecule is [N-]=[N+]=NC(=O)[C@H]1C[C@@H]1c1cc2ccccc2s1. The Hall–Kier alpha value is -1.84. The third kappa shape index (κ3) is 1.79. The average molecular weight is 243 g/mol. The quantitative estimate of drug-likeness (QED) is 0.449. The van der Waals surface area contributed by atoms with E-state index in [-0.39, 0.29) is 17.7 Å². The van der Waals surface area contributed by atoms with Gasteiger partial charge in [0.25, 0.3) is 0 Å². The molecular weight excluding hydrogens is 234 g/mol. The average Bonchev–Trinajstić information content (AvgIpc) is 3.02. The summed E-state index contributed by atoms with van der Waals surface area (Å²) in [7, 11) is 0. The third-order valence-corrected chi connectivity index (χ3v) is 4.31. The molecule has 1 aliphatic rings. The van der Waals surface area contributed by atoms with E-state index in [1.165, 1.54) is 15.0 Å². The molecule has 1 amide bonds. The molecule has 0 radical (unpaired) electrons. The van der Waals surface area contributed by atoms with Gasteiger partial charge in [-0.25, -0.2) is 0 Å². The van der Waals surface area contributed by atoms with Crippen molar-refractivity contribution in [3.63, 3.8) is 0 Å². The molecule has 1 heterocycles. The molecule has 5 heteroatoms. The van der Waals surface area contributed by atoms with Crippen LogP contribution in [0, 0.1) is 5.92 Å². The number of rotatable bonds is 2. The lowest BCUT2D eigenvalue weighted by Gasteiger charge is -1.90. The summed E-state index contributed by atoms with van der Waals surface area (Å²) in [5.74, 6) is -0.167. The van der Waals surface area contributed by atoms with Crippen LogP contribution in [0.4, 0.5) is 0 Å². The minimum Gasteiger partial charge on any atom is -0.292 e. The van der Waals surface area contributed by atoms with E-state index < -0.39 is 0 Å². The summed E-state index contributed by atoms with van der Waals surface area (Å²) in [6, 6.07) is 10.3. The van der Waals surface area contributed by atoms with Gasteiger partial charge in [-0.3, -0.25) is 4.79 Å². The number of benzene rings is 1. The fourth-order valence-corrected chi connectivity index (χ4v) is 3.33. The van der Waals surface area contributed by atoms with Gasteiger partial charge < -0.3 is 0 Å². The third-order valence-electron chi connectivity index (χ3n) is 3.06. The predicted octanol–water partition coefficient (Wildman–Crippen LogP) is 3.84. The fourth-order valence-electron chi connectivity index (χ4n) is 2.09. The molecular formula is C12H9N3OS. The monoisotopic (exact) mass is 243 g/mol. The molecule has 84 valence electrons. The summed E-state index contributed by atoms with van der Waals surface area (Å²) < 4.78 is 1.24. The van der Waals surface area contributed by atoms with Crippen molar-refractivity contribution in [3.8, 4) is 0 Å². The zero-order valence-electron chi connectivity index (χ0n) is 8.91. The first-order valence-electron chi connectivity index (χ1n) is 5.37. The van der Waals surface area contributed by atoms with Gasteiger partial charge in [-0.05, 0) is 34.6 Å². The van der Waals surface area contributed by atoms with Gasteiger partial charge >= 0.3 is 0 Å². The molecule has 3 rings (SSSR count). The van der Waals surface area contributed by atoms with Gasteiger partial charge in [0.15, 0.2) is 0 Å². The van der Waals surface area contributed by atoms with Gasteiger partial charge in [-0.1, -0.05) is 18.2 Å². The lowest BCUT2D eigenvalue weighted by atomic mass is 10.2. The maximum absolute atomic E-state index is 11.4. The number of hydrogen-bond acceptors (Lipinski definition) is 2. The van der Waals surface area contributed by atoms with E-state index in [4.69, 9.17) is 5.53 Å². The molecule has 1 aromatic heterocycles. The van der Waals surface area contributed by atoms with Crippen molar-refractivity contribution in [2.75, 3.05) is 0 Å². The van der Waals surface area contributed by atoms with E-state index in [0.29, 0.717) is 0 Å². The second-order valence-corrected chi connectivity index (χ2v) is 5.28. The summed E-state index contributed by atoms with van der Waals surface area (Å²) in [5, 5.41) is 4.38. The Labute approximate surface area is 102 Å². The van der Waals surface area contributed by atoms with Crippen molar-refractivity contribution >= 4 is 27.3 Å². The minimum atomic E-state index is -0.324. The Morgan fingerprint density at radius 2 is 2.29 bits per heavy atom. The van der Waals surface area contributed by atoms with Gasteiger partial charge in [0.05, 0.1) is 0 Å². The van der Waals surface area contributed by atoms with Crippen LogP contribution in [0.2, 0.25) is 0 Å². The van der Waals surface area contributed by atoms with Gasteiger partial charge in [0.2, 0.25) is 5.91 Å². The van der Waals surface area contributed by atoms with Crippen LogP contribution in [0.1, 0.15) is 17.2 Å². The molecule has 0 bridgehead atoms. The van der Waals surface area contributed by atoms with Crippen LogP contribution in [-0.4, -0.2) is 5.91 Å². The van der Waals surface area contributed by atoms with Gasteiger partial charge in [0.1, 0.15) is 0 Å². The second-order valence-electron chi connectivity index (χ2n) is 4.16. The summed E-state index contributed by atoms with van der Waals surface area (Å²) in [5.41, 5.74) is 8.22. The Morgan fingerprint density at radius 1 is 1.47 bits per heavy atom. The van der Waals surface area contributed by atoms with Crippen LogP contribution >= 0.6 is 11.3 Å². The molecule has 1 saturated carbocycles. The van der Waals surface area contributed by atoms with E-state index in [9.17, 15) is 4.79 Å². The van der Waals surface area contributed by atoms with Crippen molar-refractivity contribution in [3.05, 3.63) is 45.7 Å². The molecule has 0 saturated heterocycles. The standard InChI is InChI=1S/C12H9N3OS/c13-15-14-12(16)9-6-8(9)11-5-7-3-1-2-4-10(7)17-11/h1-5,8-9H,6H2/t8-,9-/m0/s1. The maximum atomic E-state index is 11.4. The minimum absolute atomic E-state index is 0.0982. The number of amides is 1. The number of carbonyl (C=O) groups excluding carboxylic acids is 1. The van der Waals surface area contributed by atoms with Gasteiger partial charge in [-0.15, -0.1) is 11.3 Å². The topological polar surface area (TPSA) is 65.8 Å². The first-order chi connectivity index (χ1) is 8.29. The van der Waals surface area contributed by atoms with Crippen LogP contribution in [0.15, 0.2) is 35.4 Å². The molecule has 4 nitrogen and oxygen atoms in total. The first-order valence-corrected chi connectivity index (χ1v) is 6.18. The summed E-state index contributed by atoms with van der Waals surface area (Å²) in [6.07, 6.45) is 0.810. The Kier molecular flexibility index (Phi) is 2.35. The zero-order valence-corrected chi connectivity index (χ0v) is 9.72. The highest BCUT2D eigenvalue weighted by Crippen LogP contribution is 2.51. The van der Waals surface area contributed by atoms with Crippen LogP contribution in [0.5, 0.6) is 0 Å². The first kappa shape index (κ1) is 10.3. The number of azide groups is 1. The van der Waals surface area contributed by atoms with E-state index in [2.05, 4.69) is 28.2 Å². The molecule has 17 heavy (non-hydrogen) atoms. The Morgan fingerprint density at radius 3 is 3.06 bits per heavy atom. The number of hydrogen-bond donors (Lipinski definition) is 0. The predicted molar refractivity (Wildman–Crippen MR) is 66.8 cm³/mol. The molecule has 0 unspecified atom stereocenters. The molecule has 0 spiro atoms. The normalized spacial score (nSPS) is 22.1. The summed E-state index contributed by atoms with van der Waals surface area (Å²) in [4.78, 5) is 15.2. The van der Waals surface area contributed by atoms with Crippen molar-refractivity contribution in [1.29, 1.82) is 0 Å². The van der Waals surface area contributed by atoms with Gasteiger partial charge in [-0.2, -0.15) is 0 Å². The molecule has 1 aromatic carbocycles. The van der Waals surface area contributed by atoms with Crippen LogP contribution in [0.25, 0.3) is 20.5 Å². The Bertz CT molecular complexity index is 609. The van der Waals surface area contributed by atoms with Crippen molar-refractivity contribution in [1.82, 2.24) is 0 Å². The summed E-state index contributed by atoms with van der Waals surface area (Å²) in [6.45, 7) is 0. The number of thiophene rings is 1. The lowest BCUT2D eigenvalue weighted by Crippen LogP contribution is -1.95. The molecule has 1 aliphatic carbocycles. The molecule has 0 N–H and O–H groups in total. The fraction of sp³-hybridized carbons (Fsp3) is 0.250. The van der Waals surface area contributed by atoms with Crippen molar-refractivity contribution in [2.24, 2.45) is 11.0 Å². The maximum Gasteiger partial charge on any atom is 0.222 e. The zero-order chi connectivity index (χ0) is 11.8. The van der Waals surface area contributed by atoms with E-state index >= 15 is 0 Å². The second kappa shape index (κ2) is 3.87. The molecule has 2 aromatic rings. The number of fused-ring (bicyclic) bond motifs is 1. The summed E-state index contributed by atoms with van der Waals surface area (Å²) >= 11 is 1.72. The smallest absolute Gasteiger partial charge is 0.222 e. The molecule has 1 fully saturated rings. The molecule has 0 aliphatic heterocycles. The van der Waals surface area contributed by atoms with E-state index in [1.807, 2.05) is 12.1 Å². The highest BCUT2D eigenvalue weighted by molar-refractivity contribution is 7.19. The van der Waals surface area contributed by atoms with Crippen molar-refractivity contribution < 1.29 is 4.79 Å². The number of nitrogens with zero attached hydrogens (tertiary/aromatic N) is 3. The molecule has 2 atom stereocenters. The number of carbonyl (C=O) groups is 1. The van der Waals surface area contributed by atoms with E-state index in [1.54, 1.807) is 11.3 Å². The van der Waals surface area contributed by atoms with E-state index in [0.717, 1.165) is 6.42 Å². The van der Waals surface area contributed by atoms with Crippen LogP contribution in [-0.2, 0) is 4.79 Å². The van der Waals surface area contributed by atoms with Crippen LogP contribution < -0.4 is 0 Å². The Balaban J connectivity index is 1.87. The lowest BCUT2D eigenvalue weighted by molar-refractivity contribution is -0.119. The highest BCUT2D eigenvalue weighted by atomic mass is 32.1. The van der Waals surface area contributed by atoms with Gasteiger partial charge in [0, 0.05) is 26.3 Å². The van der Waals surface area contributed by atoms with Crippen LogP contribution in [0.3, 0.4) is 0 Å². The van der Waals surface area contributed by atoms with Crippen molar-refractivity contribution in [2.45, 2.75) is 12.3 Å². The largest absolute Gasteiger partial charge is 0.292 e. The highest BCUT2D eigenvalue weighted by Gasteiger charge is 2.44.